The Morgan fingerprint density at radius 2 is 2.21 bits per heavy atom. The fourth-order valence-corrected chi connectivity index (χ4v) is 3.28. The average molecular weight is 237 g/mol. The molecule has 0 radical (unpaired) electrons. The molecule has 1 heterocycles. The molecule has 0 aromatic rings. The van der Waals surface area contributed by atoms with Crippen molar-refractivity contribution in [1.29, 1.82) is 0 Å². The quantitative estimate of drug-likeness (QED) is 0.722. The Bertz CT molecular complexity index is 246. The van der Waals surface area contributed by atoms with Crippen molar-refractivity contribution in [1.82, 2.24) is 5.32 Å². The minimum atomic E-state index is -2.80. The van der Waals surface area contributed by atoms with Crippen molar-refractivity contribution in [2.24, 2.45) is 0 Å². The van der Waals surface area contributed by atoms with Crippen LogP contribution in [0.1, 0.15) is 19.3 Å². The Hall–Kier alpha value is 0.260. The van der Waals surface area contributed by atoms with Crippen molar-refractivity contribution in [2.45, 2.75) is 24.5 Å². The molecule has 1 aliphatic heterocycles. The Labute approximate surface area is 91.0 Å². The van der Waals surface area contributed by atoms with E-state index >= 15 is 0 Å². The lowest BCUT2D eigenvalue weighted by molar-refractivity contribution is 0.587. The lowest BCUT2D eigenvalue weighted by atomic mass is 10.2. The summed E-state index contributed by atoms with van der Waals surface area (Å²) in [5, 5.41) is 3.91. The van der Waals surface area contributed by atoms with Gasteiger partial charge in [0.1, 0.15) is 9.84 Å². The monoisotopic (exact) mass is 237 g/mol. The van der Waals surface area contributed by atoms with Crippen molar-refractivity contribution >= 4 is 21.6 Å². The van der Waals surface area contributed by atoms with Crippen LogP contribution in [0, 0.1) is 0 Å². The molecule has 3 nitrogen and oxygen atoms in total. The highest BCUT2D eigenvalue weighted by Gasteiger charge is 2.13. The van der Waals surface area contributed by atoms with Gasteiger partial charge >= 0.3 is 0 Å². The van der Waals surface area contributed by atoms with Crippen molar-refractivity contribution in [2.75, 3.05) is 30.9 Å². The van der Waals surface area contributed by atoms with Crippen molar-refractivity contribution < 1.29 is 8.42 Å². The molecule has 1 atom stereocenters. The second kappa shape index (κ2) is 5.98. The van der Waals surface area contributed by atoms with Crippen LogP contribution < -0.4 is 5.32 Å². The van der Waals surface area contributed by atoms with Gasteiger partial charge in [-0.1, -0.05) is 6.42 Å². The summed E-state index contributed by atoms with van der Waals surface area (Å²) >= 11 is 2.01. The van der Waals surface area contributed by atoms with Crippen LogP contribution >= 0.6 is 11.8 Å². The molecule has 0 aromatic carbocycles. The topological polar surface area (TPSA) is 46.2 Å². The summed E-state index contributed by atoms with van der Waals surface area (Å²) in [5.41, 5.74) is 0. The first-order valence-electron chi connectivity index (χ1n) is 5.08. The molecule has 0 amide bonds. The minimum absolute atomic E-state index is 0.254. The zero-order valence-corrected chi connectivity index (χ0v) is 10.3. The fraction of sp³-hybridized carbons (Fsp3) is 1.00. The third-order valence-electron chi connectivity index (χ3n) is 2.30. The molecular weight excluding hydrogens is 218 g/mol. The molecule has 14 heavy (non-hydrogen) atoms. The van der Waals surface area contributed by atoms with Crippen LogP contribution in [-0.2, 0) is 9.84 Å². The second-order valence-corrected chi connectivity index (χ2v) is 7.49. The standard InChI is InChI=1S/C9H19NO2S2/c1-14(11,12)7-5-10-8-9-4-2-3-6-13-9/h9-10H,2-8H2,1H3. The predicted molar refractivity (Wildman–Crippen MR) is 62.7 cm³/mol. The molecule has 1 unspecified atom stereocenters. The summed E-state index contributed by atoms with van der Waals surface area (Å²) < 4.78 is 21.7. The summed E-state index contributed by atoms with van der Waals surface area (Å²) in [6.07, 6.45) is 5.22. The van der Waals surface area contributed by atoms with E-state index in [-0.39, 0.29) is 5.75 Å². The zero-order chi connectivity index (χ0) is 10.4. The summed E-state index contributed by atoms with van der Waals surface area (Å²) in [6, 6.07) is 0. The minimum Gasteiger partial charge on any atom is -0.315 e. The van der Waals surface area contributed by atoms with Gasteiger partial charge < -0.3 is 5.32 Å². The van der Waals surface area contributed by atoms with Crippen LogP contribution in [0.5, 0.6) is 0 Å². The third-order valence-corrected chi connectivity index (χ3v) is 4.64. The Balaban J connectivity index is 2.03. The van der Waals surface area contributed by atoms with E-state index in [4.69, 9.17) is 0 Å². The molecule has 1 saturated heterocycles. The first-order chi connectivity index (χ1) is 6.58. The van der Waals surface area contributed by atoms with E-state index in [1.165, 1.54) is 31.3 Å². The molecule has 0 bridgehead atoms. The van der Waals surface area contributed by atoms with E-state index in [9.17, 15) is 8.42 Å². The van der Waals surface area contributed by atoms with Crippen molar-refractivity contribution in [3.8, 4) is 0 Å². The number of sulfone groups is 1. The molecule has 0 aromatic heterocycles. The Kier molecular flexibility index (Phi) is 5.26. The smallest absolute Gasteiger partial charge is 0.148 e. The molecule has 1 aliphatic rings. The largest absolute Gasteiger partial charge is 0.315 e. The van der Waals surface area contributed by atoms with Gasteiger partial charge in [-0.25, -0.2) is 8.42 Å². The molecule has 1 fully saturated rings. The highest BCUT2D eigenvalue weighted by atomic mass is 32.2. The maximum absolute atomic E-state index is 10.8. The zero-order valence-electron chi connectivity index (χ0n) is 8.66. The van der Waals surface area contributed by atoms with Crippen LogP contribution in [-0.4, -0.2) is 44.5 Å². The van der Waals surface area contributed by atoms with Crippen LogP contribution in [0.25, 0.3) is 0 Å². The number of rotatable bonds is 5. The van der Waals surface area contributed by atoms with E-state index in [1.54, 1.807) is 0 Å². The molecule has 0 saturated carbocycles. The molecule has 5 heteroatoms. The van der Waals surface area contributed by atoms with E-state index < -0.39 is 9.84 Å². The number of thioether (sulfide) groups is 1. The molecule has 1 N–H and O–H groups in total. The number of nitrogens with one attached hydrogen (secondary N) is 1. The lowest BCUT2D eigenvalue weighted by Gasteiger charge is -2.21. The van der Waals surface area contributed by atoms with Gasteiger partial charge in [-0.3, -0.25) is 0 Å². The van der Waals surface area contributed by atoms with E-state index in [0.717, 1.165) is 6.54 Å². The summed E-state index contributed by atoms with van der Waals surface area (Å²) in [4.78, 5) is 0. The van der Waals surface area contributed by atoms with Gasteiger partial charge in [0.2, 0.25) is 0 Å². The third kappa shape index (κ3) is 5.88. The number of hydrogen-bond donors (Lipinski definition) is 1. The lowest BCUT2D eigenvalue weighted by Crippen LogP contribution is -2.30. The first kappa shape index (κ1) is 12.3. The van der Waals surface area contributed by atoms with E-state index in [1.807, 2.05) is 11.8 Å². The van der Waals surface area contributed by atoms with Gasteiger partial charge in [-0.05, 0) is 18.6 Å². The molecule has 0 spiro atoms. The van der Waals surface area contributed by atoms with Gasteiger partial charge in [0, 0.05) is 24.6 Å². The maximum atomic E-state index is 10.8. The summed E-state index contributed by atoms with van der Waals surface area (Å²) in [7, 11) is -2.80. The van der Waals surface area contributed by atoms with E-state index in [0.29, 0.717) is 11.8 Å². The average Bonchev–Trinajstić information content (AvgIpc) is 2.13. The SMILES string of the molecule is CS(=O)(=O)CCNCC1CCCCS1. The van der Waals surface area contributed by atoms with Crippen LogP contribution in [0.4, 0.5) is 0 Å². The van der Waals surface area contributed by atoms with Gasteiger partial charge in [-0.2, -0.15) is 11.8 Å². The highest BCUT2D eigenvalue weighted by molar-refractivity contribution is 7.99. The van der Waals surface area contributed by atoms with Gasteiger partial charge in [-0.15, -0.1) is 0 Å². The van der Waals surface area contributed by atoms with Gasteiger partial charge in [0.05, 0.1) is 5.75 Å². The maximum Gasteiger partial charge on any atom is 0.148 e. The van der Waals surface area contributed by atoms with Crippen LogP contribution in [0.3, 0.4) is 0 Å². The fourth-order valence-electron chi connectivity index (χ4n) is 1.49. The van der Waals surface area contributed by atoms with Gasteiger partial charge in [0.25, 0.3) is 0 Å². The van der Waals surface area contributed by atoms with Crippen LogP contribution in [0.15, 0.2) is 0 Å². The summed E-state index contributed by atoms with van der Waals surface area (Å²) in [6.45, 7) is 1.55. The second-order valence-electron chi connectivity index (χ2n) is 3.82. The van der Waals surface area contributed by atoms with Crippen molar-refractivity contribution in [3.05, 3.63) is 0 Å². The normalized spacial score (nSPS) is 23.6. The number of hydrogen-bond acceptors (Lipinski definition) is 4. The molecular formula is C9H19NO2S2. The molecule has 84 valence electrons. The summed E-state index contributed by atoms with van der Waals surface area (Å²) in [5.74, 6) is 1.52. The van der Waals surface area contributed by atoms with Crippen LogP contribution in [0.2, 0.25) is 0 Å². The predicted octanol–water partition coefficient (Wildman–Crippen LogP) is 0.906. The Morgan fingerprint density at radius 1 is 1.43 bits per heavy atom. The van der Waals surface area contributed by atoms with E-state index in [2.05, 4.69) is 5.32 Å². The molecule has 0 aliphatic carbocycles. The van der Waals surface area contributed by atoms with Gasteiger partial charge in [0.15, 0.2) is 0 Å². The highest BCUT2D eigenvalue weighted by Crippen LogP contribution is 2.24. The molecule has 1 rings (SSSR count). The first-order valence-corrected chi connectivity index (χ1v) is 8.19. The van der Waals surface area contributed by atoms with Crippen molar-refractivity contribution in [3.63, 3.8) is 0 Å². The Morgan fingerprint density at radius 3 is 2.79 bits per heavy atom.